The molecule has 6 nitrogen and oxygen atoms in total. The lowest BCUT2D eigenvalue weighted by Gasteiger charge is -2.39. The van der Waals surface area contributed by atoms with Gasteiger partial charge in [-0.25, -0.2) is 0 Å². The van der Waals surface area contributed by atoms with Gasteiger partial charge in [0.25, 0.3) is 0 Å². The predicted octanol–water partition coefficient (Wildman–Crippen LogP) is 2.92. The van der Waals surface area contributed by atoms with E-state index in [0.717, 1.165) is 17.9 Å². The van der Waals surface area contributed by atoms with Gasteiger partial charge >= 0.3 is 5.97 Å². The third kappa shape index (κ3) is 4.60. The van der Waals surface area contributed by atoms with Crippen LogP contribution in [0.1, 0.15) is 12.8 Å². The lowest BCUT2D eigenvalue weighted by molar-refractivity contribution is -0.137. The highest BCUT2D eigenvalue weighted by molar-refractivity contribution is 9.25. The molecule has 0 radical (unpaired) electrons. The van der Waals surface area contributed by atoms with E-state index in [1.807, 2.05) is 10.8 Å². The van der Waals surface area contributed by atoms with Gasteiger partial charge < -0.3 is 14.2 Å². The molecular weight excluding hydrogens is 344 g/mol. The molecule has 1 saturated heterocycles. The molecule has 9 heteroatoms. The SMILES string of the molecule is COC(=O)CS1(Sc2nc(OC)cc(OC)n2)CCCCS1. The fourth-order valence-corrected chi connectivity index (χ4v) is 11.1. The van der Waals surface area contributed by atoms with E-state index in [9.17, 15) is 4.79 Å². The summed E-state index contributed by atoms with van der Waals surface area (Å²) in [6.07, 6.45) is 2.30. The van der Waals surface area contributed by atoms with Crippen LogP contribution in [0.4, 0.5) is 0 Å². The first-order chi connectivity index (χ1) is 10.6. The summed E-state index contributed by atoms with van der Waals surface area (Å²) in [5, 5.41) is 0.588. The van der Waals surface area contributed by atoms with Gasteiger partial charge in [0.1, 0.15) is 0 Å². The summed E-state index contributed by atoms with van der Waals surface area (Å²) in [4.78, 5) is 20.6. The molecule has 0 aliphatic carbocycles. The van der Waals surface area contributed by atoms with Crippen molar-refractivity contribution < 1.29 is 19.0 Å². The largest absolute Gasteiger partial charge is 0.481 e. The lowest BCUT2D eigenvalue weighted by Crippen LogP contribution is -2.17. The van der Waals surface area contributed by atoms with Gasteiger partial charge in [0, 0.05) is 5.75 Å². The number of ether oxygens (including phenoxy) is 3. The average molecular weight is 365 g/mol. The molecule has 0 N–H and O–H groups in total. The third-order valence-corrected chi connectivity index (χ3v) is 12.5. The van der Waals surface area contributed by atoms with Gasteiger partial charge in [-0.2, -0.15) is 9.97 Å². The van der Waals surface area contributed by atoms with Gasteiger partial charge in [-0.15, -0.1) is 18.9 Å². The van der Waals surface area contributed by atoms with E-state index in [0.29, 0.717) is 22.7 Å². The van der Waals surface area contributed by atoms with Crippen LogP contribution in [-0.2, 0) is 9.53 Å². The van der Waals surface area contributed by atoms with Gasteiger partial charge in [-0.05, 0) is 29.4 Å². The molecule has 1 aliphatic rings. The fourth-order valence-electron chi connectivity index (χ4n) is 1.91. The number of esters is 1. The van der Waals surface area contributed by atoms with E-state index >= 15 is 0 Å². The number of carbonyl (C=O) groups excluding carboxylic acids is 1. The second-order valence-corrected chi connectivity index (χ2v) is 13.5. The predicted molar refractivity (Wildman–Crippen MR) is 92.0 cm³/mol. The molecule has 2 rings (SSSR count). The molecule has 0 aromatic carbocycles. The summed E-state index contributed by atoms with van der Waals surface area (Å²) in [7, 11) is 6.69. The van der Waals surface area contributed by atoms with E-state index in [-0.39, 0.29) is 5.97 Å². The minimum atomic E-state index is -1.29. The second kappa shape index (κ2) is 8.16. The van der Waals surface area contributed by atoms with Crippen molar-refractivity contribution in [1.82, 2.24) is 9.97 Å². The van der Waals surface area contributed by atoms with Crippen LogP contribution >= 0.6 is 29.7 Å². The minimum Gasteiger partial charge on any atom is -0.481 e. The van der Waals surface area contributed by atoms with Gasteiger partial charge in [0.05, 0.1) is 33.1 Å². The van der Waals surface area contributed by atoms with Crippen molar-refractivity contribution in [2.45, 2.75) is 18.0 Å². The van der Waals surface area contributed by atoms with E-state index in [2.05, 4.69) is 9.97 Å². The maximum atomic E-state index is 11.8. The van der Waals surface area contributed by atoms with E-state index in [1.54, 1.807) is 31.1 Å². The molecule has 1 aliphatic heterocycles. The first-order valence-electron chi connectivity index (χ1n) is 6.77. The van der Waals surface area contributed by atoms with Gasteiger partial charge in [0.2, 0.25) is 16.9 Å². The quantitative estimate of drug-likeness (QED) is 0.433. The highest BCUT2D eigenvalue weighted by atomic mass is 33.6. The summed E-state index contributed by atoms with van der Waals surface area (Å²) in [6, 6.07) is 1.64. The maximum Gasteiger partial charge on any atom is 0.315 e. The number of hydrogen-bond donors (Lipinski definition) is 0. The number of nitrogens with zero attached hydrogens (tertiary/aromatic N) is 2. The van der Waals surface area contributed by atoms with Crippen LogP contribution in [0.5, 0.6) is 11.8 Å². The molecule has 1 aromatic heterocycles. The van der Waals surface area contributed by atoms with E-state index in [1.165, 1.54) is 13.5 Å². The highest BCUT2D eigenvalue weighted by Gasteiger charge is 2.33. The maximum absolute atomic E-state index is 11.8. The molecule has 124 valence electrons. The Balaban J connectivity index is 2.24. The van der Waals surface area contributed by atoms with Crippen LogP contribution in [0.3, 0.4) is 0 Å². The normalized spacial score (nSPS) is 24.1. The van der Waals surface area contributed by atoms with Crippen molar-refractivity contribution in [1.29, 1.82) is 0 Å². The summed E-state index contributed by atoms with van der Waals surface area (Å²) in [5.41, 5.74) is 0. The molecule has 1 unspecified atom stereocenters. The second-order valence-electron chi connectivity index (χ2n) is 4.52. The zero-order valence-electron chi connectivity index (χ0n) is 12.9. The fraction of sp³-hybridized carbons (Fsp3) is 0.615. The molecule has 22 heavy (non-hydrogen) atoms. The zero-order valence-corrected chi connectivity index (χ0v) is 15.3. The van der Waals surface area contributed by atoms with Gasteiger partial charge in [-0.3, -0.25) is 4.79 Å². The van der Waals surface area contributed by atoms with Crippen molar-refractivity contribution >= 4 is 35.6 Å². The summed E-state index contributed by atoms with van der Waals surface area (Å²) < 4.78 is 15.2. The van der Waals surface area contributed by atoms with Crippen LogP contribution < -0.4 is 9.47 Å². The van der Waals surface area contributed by atoms with Crippen molar-refractivity contribution in [3.63, 3.8) is 0 Å². The Hall–Kier alpha value is -0.800. The number of aromatic nitrogens is 2. The number of carbonyl (C=O) groups is 1. The topological polar surface area (TPSA) is 70.5 Å². The first kappa shape index (κ1) is 17.6. The Bertz CT molecular complexity index is 502. The molecule has 0 bridgehead atoms. The molecule has 2 heterocycles. The molecule has 0 saturated carbocycles. The summed E-state index contributed by atoms with van der Waals surface area (Å²) in [6.45, 7) is 0. The van der Waals surface area contributed by atoms with Crippen LogP contribution in [-0.4, -0.2) is 54.5 Å². The Morgan fingerprint density at radius 1 is 1.27 bits per heavy atom. The molecule has 0 amide bonds. The van der Waals surface area contributed by atoms with E-state index < -0.39 is 8.09 Å². The zero-order chi connectivity index (χ0) is 16.0. The monoisotopic (exact) mass is 364 g/mol. The summed E-state index contributed by atoms with van der Waals surface area (Å²) >= 11 is 0. The molecular formula is C13H20N2O4S3. The Morgan fingerprint density at radius 3 is 2.45 bits per heavy atom. The van der Waals surface area contributed by atoms with Crippen LogP contribution in [0, 0.1) is 0 Å². The average Bonchev–Trinajstić information content (AvgIpc) is 2.54. The molecule has 0 spiro atoms. The number of methoxy groups -OCH3 is 3. The molecule has 1 fully saturated rings. The first-order valence-corrected chi connectivity index (χ1v) is 11.6. The van der Waals surface area contributed by atoms with Gasteiger partial charge in [0.15, 0.2) is 0 Å². The van der Waals surface area contributed by atoms with Crippen LogP contribution in [0.2, 0.25) is 0 Å². The lowest BCUT2D eigenvalue weighted by atomic mass is 10.4. The van der Waals surface area contributed by atoms with Crippen molar-refractivity contribution in [3.05, 3.63) is 6.07 Å². The highest BCUT2D eigenvalue weighted by Crippen LogP contribution is 2.73. The number of rotatable bonds is 6. The Kier molecular flexibility index (Phi) is 6.51. The summed E-state index contributed by atoms with van der Waals surface area (Å²) in [5.74, 6) is 3.22. The third-order valence-electron chi connectivity index (χ3n) is 3.02. The van der Waals surface area contributed by atoms with Crippen molar-refractivity contribution in [3.8, 4) is 11.8 Å². The number of hydrogen-bond acceptors (Lipinski definition) is 8. The molecule has 1 atom stereocenters. The minimum absolute atomic E-state index is 0.174. The van der Waals surface area contributed by atoms with Crippen LogP contribution in [0.25, 0.3) is 0 Å². The van der Waals surface area contributed by atoms with Crippen molar-refractivity contribution in [2.24, 2.45) is 0 Å². The standard InChI is InChI=1S/C13H20N2O4S3/c1-17-10-8-11(18-2)15-13(14-10)21-22(9-12(16)19-3)7-5-4-6-20-22/h8H,4-7,9H2,1-3H3. The van der Waals surface area contributed by atoms with E-state index in [4.69, 9.17) is 14.2 Å². The van der Waals surface area contributed by atoms with Crippen LogP contribution in [0.15, 0.2) is 11.2 Å². The Labute approximate surface area is 139 Å². The smallest absolute Gasteiger partial charge is 0.315 e. The van der Waals surface area contributed by atoms with Crippen molar-refractivity contribution in [2.75, 3.05) is 38.6 Å². The van der Waals surface area contributed by atoms with Gasteiger partial charge in [-0.1, -0.05) is 0 Å². The Morgan fingerprint density at radius 2 is 1.95 bits per heavy atom. The molecule has 1 aromatic rings.